The molecule has 1 atom stereocenters. The summed E-state index contributed by atoms with van der Waals surface area (Å²) >= 11 is 0. The Morgan fingerprint density at radius 1 is 1.32 bits per heavy atom. The van der Waals surface area contributed by atoms with E-state index in [2.05, 4.69) is 50.8 Å². The van der Waals surface area contributed by atoms with Crippen LogP contribution in [0.1, 0.15) is 44.2 Å². The van der Waals surface area contributed by atoms with Gasteiger partial charge in [0.1, 0.15) is 0 Å². The maximum atomic E-state index is 5.74. The summed E-state index contributed by atoms with van der Waals surface area (Å²) in [5.74, 6) is 0.749. The summed E-state index contributed by atoms with van der Waals surface area (Å²) in [4.78, 5) is 2.60. The zero-order valence-corrected chi connectivity index (χ0v) is 12.9. The molecule has 2 N–H and O–H groups in total. The van der Waals surface area contributed by atoms with E-state index in [0.29, 0.717) is 0 Å². The summed E-state index contributed by atoms with van der Waals surface area (Å²) in [6.07, 6.45) is 3.72. The van der Waals surface area contributed by atoms with Crippen LogP contribution in [0.4, 0.5) is 5.69 Å². The summed E-state index contributed by atoms with van der Waals surface area (Å²) in [6.45, 7) is 11.1. The predicted octanol–water partition coefficient (Wildman–Crippen LogP) is 3.65. The van der Waals surface area contributed by atoms with E-state index in [-0.39, 0.29) is 5.54 Å². The smallest absolute Gasteiger partial charge is 0.0400 e. The van der Waals surface area contributed by atoms with E-state index in [4.69, 9.17) is 5.73 Å². The molecule has 1 aliphatic rings. The van der Waals surface area contributed by atoms with Crippen LogP contribution in [0.3, 0.4) is 0 Å². The molecule has 2 rings (SSSR count). The van der Waals surface area contributed by atoms with E-state index in [1.165, 1.54) is 29.7 Å². The van der Waals surface area contributed by atoms with Gasteiger partial charge in [-0.05, 0) is 71.0 Å². The van der Waals surface area contributed by atoms with Gasteiger partial charge in [-0.1, -0.05) is 17.7 Å². The maximum Gasteiger partial charge on any atom is 0.0400 e. The van der Waals surface area contributed by atoms with Crippen LogP contribution in [-0.4, -0.2) is 18.6 Å². The summed E-state index contributed by atoms with van der Waals surface area (Å²) in [5.41, 5.74) is 10.1. The van der Waals surface area contributed by atoms with Gasteiger partial charge in [0.05, 0.1) is 0 Å². The molecule has 1 heterocycles. The highest BCUT2D eigenvalue weighted by Gasteiger charge is 2.34. The Morgan fingerprint density at radius 3 is 2.68 bits per heavy atom. The summed E-state index contributed by atoms with van der Waals surface area (Å²) in [6, 6.07) is 6.81. The lowest BCUT2D eigenvalue weighted by atomic mass is 9.82. The minimum Gasteiger partial charge on any atom is -0.366 e. The Bertz CT molecular complexity index is 437. The van der Waals surface area contributed by atoms with Crippen LogP contribution in [0.2, 0.25) is 0 Å². The van der Waals surface area contributed by atoms with Crippen molar-refractivity contribution >= 4 is 5.69 Å². The molecule has 0 saturated carbocycles. The van der Waals surface area contributed by atoms with Crippen LogP contribution in [0.25, 0.3) is 0 Å². The highest BCUT2D eigenvalue weighted by Crippen LogP contribution is 2.37. The van der Waals surface area contributed by atoms with Crippen molar-refractivity contribution < 1.29 is 0 Å². The van der Waals surface area contributed by atoms with Crippen molar-refractivity contribution in [2.24, 2.45) is 11.7 Å². The fraction of sp³-hybridized carbons (Fsp3) is 0.647. The van der Waals surface area contributed by atoms with E-state index >= 15 is 0 Å². The quantitative estimate of drug-likeness (QED) is 0.899. The molecule has 1 aliphatic heterocycles. The first-order valence-corrected chi connectivity index (χ1v) is 7.49. The Morgan fingerprint density at radius 2 is 2.05 bits per heavy atom. The van der Waals surface area contributed by atoms with Crippen molar-refractivity contribution in [3.8, 4) is 0 Å². The normalized spacial score (nSPS) is 22.6. The second-order valence-corrected chi connectivity index (χ2v) is 6.70. The van der Waals surface area contributed by atoms with Crippen LogP contribution in [-0.2, 0) is 0 Å². The van der Waals surface area contributed by atoms with Crippen LogP contribution < -0.4 is 10.6 Å². The number of aryl methyl sites for hydroxylation is 2. The molecule has 1 aromatic carbocycles. The van der Waals surface area contributed by atoms with Crippen LogP contribution >= 0.6 is 0 Å². The molecule has 2 heteroatoms. The van der Waals surface area contributed by atoms with Crippen LogP contribution in [0, 0.1) is 19.8 Å². The second kappa shape index (κ2) is 5.54. The molecule has 0 spiro atoms. The van der Waals surface area contributed by atoms with Gasteiger partial charge in [-0.15, -0.1) is 0 Å². The highest BCUT2D eigenvalue weighted by molar-refractivity contribution is 5.56. The molecular weight excluding hydrogens is 232 g/mol. The number of anilines is 1. The molecule has 0 aliphatic carbocycles. The topological polar surface area (TPSA) is 29.3 Å². The Labute approximate surface area is 118 Å². The number of hydrogen-bond acceptors (Lipinski definition) is 2. The molecule has 19 heavy (non-hydrogen) atoms. The van der Waals surface area contributed by atoms with E-state index in [9.17, 15) is 0 Å². The lowest BCUT2D eigenvalue weighted by Crippen LogP contribution is -2.51. The molecule has 0 amide bonds. The second-order valence-electron chi connectivity index (χ2n) is 6.70. The first kappa shape index (κ1) is 14.4. The number of piperidine rings is 1. The molecule has 0 bridgehead atoms. The SMILES string of the molecule is Cc1ccc(N2CC(CCN)CCC2(C)C)c(C)c1. The fourth-order valence-corrected chi connectivity index (χ4v) is 3.29. The molecule has 1 unspecified atom stereocenters. The standard InChI is InChI=1S/C17H28N2/c1-13-5-6-16(14(2)11-13)19-12-15(8-10-18)7-9-17(19,3)4/h5-6,11,15H,7-10,12,18H2,1-4H3. The third-order valence-corrected chi connectivity index (χ3v) is 4.55. The number of hydrogen-bond donors (Lipinski definition) is 1. The van der Waals surface area contributed by atoms with Gasteiger partial charge in [0, 0.05) is 17.8 Å². The van der Waals surface area contributed by atoms with Gasteiger partial charge in [-0.2, -0.15) is 0 Å². The van der Waals surface area contributed by atoms with Gasteiger partial charge in [0.25, 0.3) is 0 Å². The molecule has 2 nitrogen and oxygen atoms in total. The van der Waals surface area contributed by atoms with Gasteiger partial charge in [0.15, 0.2) is 0 Å². The average Bonchev–Trinajstić information content (AvgIpc) is 2.32. The van der Waals surface area contributed by atoms with Gasteiger partial charge in [0.2, 0.25) is 0 Å². The van der Waals surface area contributed by atoms with Crippen molar-refractivity contribution in [3.05, 3.63) is 29.3 Å². The number of nitrogens with two attached hydrogens (primary N) is 1. The van der Waals surface area contributed by atoms with Gasteiger partial charge in [-0.3, -0.25) is 0 Å². The minimum absolute atomic E-state index is 0.255. The molecule has 1 saturated heterocycles. The number of benzene rings is 1. The zero-order valence-electron chi connectivity index (χ0n) is 12.9. The van der Waals surface area contributed by atoms with E-state index in [1.54, 1.807) is 0 Å². The van der Waals surface area contributed by atoms with Crippen LogP contribution in [0.15, 0.2) is 18.2 Å². The van der Waals surface area contributed by atoms with E-state index in [0.717, 1.165) is 25.4 Å². The van der Waals surface area contributed by atoms with Crippen molar-refractivity contribution in [2.75, 3.05) is 18.0 Å². The molecule has 0 aromatic heterocycles. The largest absolute Gasteiger partial charge is 0.366 e. The van der Waals surface area contributed by atoms with Crippen molar-refractivity contribution in [1.29, 1.82) is 0 Å². The van der Waals surface area contributed by atoms with Crippen molar-refractivity contribution in [1.82, 2.24) is 0 Å². The van der Waals surface area contributed by atoms with Crippen molar-refractivity contribution in [3.63, 3.8) is 0 Å². The predicted molar refractivity (Wildman–Crippen MR) is 83.7 cm³/mol. The summed E-state index contributed by atoms with van der Waals surface area (Å²) < 4.78 is 0. The number of rotatable bonds is 3. The first-order valence-electron chi connectivity index (χ1n) is 7.49. The Kier molecular flexibility index (Phi) is 4.19. The monoisotopic (exact) mass is 260 g/mol. The van der Waals surface area contributed by atoms with Crippen LogP contribution in [0.5, 0.6) is 0 Å². The molecule has 0 radical (unpaired) electrons. The third kappa shape index (κ3) is 3.11. The van der Waals surface area contributed by atoms with E-state index < -0.39 is 0 Å². The van der Waals surface area contributed by atoms with Gasteiger partial charge >= 0.3 is 0 Å². The van der Waals surface area contributed by atoms with E-state index in [1.807, 2.05) is 0 Å². The Balaban J connectivity index is 2.27. The molecule has 106 valence electrons. The summed E-state index contributed by atoms with van der Waals surface area (Å²) in [7, 11) is 0. The lowest BCUT2D eigenvalue weighted by Gasteiger charge is -2.48. The average molecular weight is 260 g/mol. The lowest BCUT2D eigenvalue weighted by molar-refractivity contribution is 0.282. The van der Waals surface area contributed by atoms with Gasteiger partial charge in [-0.25, -0.2) is 0 Å². The van der Waals surface area contributed by atoms with Crippen molar-refractivity contribution in [2.45, 2.75) is 52.5 Å². The first-order chi connectivity index (χ1) is 8.94. The third-order valence-electron chi connectivity index (χ3n) is 4.55. The highest BCUT2D eigenvalue weighted by atomic mass is 15.2. The zero-order chi connectivity index (χ0) is 14.0. The molecular formula is C17H28N2. The minimum atomic E-state index is 0.255. The Hall–Kier alpha value is -1.02. The number of nitrogens with zero attached hydrogens (tertiary/aromatic N) is 1. The summed E-state index contributed by atoms with van der Waals surface area (Å²) in [5, 5.41) is 0. The van der Waals surface area contributed by atoms with Gasteiger partial charge < -0.3 is 10.6 Å². The molecule has 1 fully saturated rings. The fourth-order valence-electron chi connectivity index (χ4n) is 3.29. The molecule has 1 aromatic rings. The maximum absolute atomic E-state index is 5.74.